The number of likely N-dealkylation sites (N-methyl/N-ethyl adjacent to an activating group) is 1. The third-order valence-corrected chi connectivity index (χ3v) is 3.92. The molecular formula is C15H19NO2. The van der Waals surface area contributed by atoms with Gasteiger partial charge in [-0.2, -0.15) is 0 Å². The predicted octanol–water partition coefficient (Wildman–Crippen LogP) is 2.82. The Kier molecular flexibility index (Phi) is 3.01. The Bertz CT molecular complexity index is 517. The standard InChI is InChI=1S/C15H19NO2/c1-5-15(2,3)14(18)10-6-7-12-11(8-10)9-13(17)16(12)4/h6-8H,5,9H2,1-4H3. The number of fused-ring (bicyclic) bond motifs is 1. The topological polar surface area (TPSA) is 37.4 Å². The van der Waals surface area contributed by atoms with E-state index in [1.165, 1.54) is 0 Å². The van der Waals surface area contributed by atoms with Gasteiger partial charge in [-0.05, 0) is 30.2 Å². The fourth-order valence-corrected chi connectivity index (χ4v) is 2.16. The number of hydrogen-bond acceptors (Lipinski definition) is 2. The van der Waals surface area contributed by atoms with E-state index in [4.69, 9.17) is 0 Å². The van der Waals surface area contributed by atoms with Crippen LogP contribution in [0.1, 0.15) is 43.1 Å². The van der Waals surface area contributed by atoms with Crippen LogP contribution in [-0.2, 0) is 11.2 Å². The molecule has 1 aromatic rings. The van der Waals surface area contributed by atoms with Crippen LogP contribution in [0.3, 0.4) is 0 Å². The minimum Gasteiger partial charge on any atom is -0.315 e. The van der Waals surface area contributed by atoms with Crippen molar-refractivity contribution in [2.75, 3.05) is 11.9 Å². The normalized spacial score (nSPS) is 14.9. The van der Waals surface area contributed by atoms with Crippen LogP contribution >= 0.6 is 0 Å². The Morgan fingerprint density at radius 3 is 2.67 bits per heavy atom. The van der Waals surface area contributed by atoms with E-state index in [1.807, 2.05) is 39.0 Å². The first kappa shape index (κ1) is 12.8. The molecule has 1 heterocycles. The number of rotatable bonds is 3. The van der Waals surface area contributed by atoms with Crippen LogP contribution in [0.5, 0.6) is 0 Å². The van der Waals surface area contributed by atoms with Gasteiger partial charge in [0.15, 0.2) is 5.78 Å². The minimum atomic E-state index is -0.344. The van der Waals surface area contributed by atoms with Gasteiger partial charge < -0.3 is 4.90 Å². The summed E-state index contributed by atoms with van der Waals surface area (Å²) >= 11 is 0. The second-order valence-corrected chi connectivity index (χ2v) is 5.54. The Hall–Kier alpha value is -1.64. The van der Waals surface area contributed by atoms with Crippen LogP contribution in [-0.4, -0.2) is 18.7 Å². The van der Waals surface area contributed by atoms with E-state index in [9.17, 15) is 9.59 Å². The van der Waals surface area contributed by atoms with Crippen LogP contribution < -0.4 is 4.90 Å². The number of nitrogens with zero attached hydrogens (tertiary/aromatic N) is 1. The number of ketones is 1. The van der Waals surface area contributed by atoms with Crippen LogP contribution in [0.15, 0.2) is 18.2 Å². The lowest BCUT2D eigenvalue weighted by Gasteiger charge is -2.21. The fraction of sp³-hybridized carbons (Fsp3) is 0.467. The number of carbonyl (C=O) groups excluding carboxylic acids is 2. The average molecular weight is 245 g/mol. The van der Waals surface area contributed by atoms with Crippen molar-refractivity contribution in [1.82, 2.24) is 0 Å². The third-order valence-electron chi connectivity index (χ3n) is 3.92. The summed E-state index contributed by atoms with van der Waals surface area (Å²) in [5.41, 5.74) is 2.25. The highest BCUT2D eigenvalue weighted by atomic mass is 16.2. The molecule has 0 fully saturated rings. The van der Waals surface area contributed by atoms with Gasteiger partial charge in [-0.25, -0.2) is 0 Å². The van der Waals surface area contributed by atoms with E-state index in [0.29, 0.717) is 12.0 Å². The smallest absolute Gasteiger partial charge is 0.231 e. The van der Waals surface area contributed by atoms with E-state index < -0.39 is 0 Å². The summed E-state index contributed by atoms with van der Waals surface area (Å²) in [5, 5.41) is 0. The van der Waals surface area contributed by atoms with Gasteiger partial charge in [0, 0.05) is 23.7 Å². The molecule has 1 amide bonds. The summed E-state index contributed by atoms with van der Waals surface area (Å²) in [5.74, 6) is 0.235. The molecule has 0 aromatic heterocycles. The summed E-state index contributed by atoms with van der Waals surface area (Å²) in [4.78, 5) is 25.6. The number of carbonyl (C=O) groups is 2. The van der Waals surface area contributed by atoms with Gasteiger partial charge in [0.25, 0.3) is 0 Å². The summed E-state index contributed by atoms with van der Waals surface area (Å²) in [6.45, 7) is 5.93. The third kappa shape index (κ3) is 1.94. The molecule has 1 aliphatic rings. The molecular weight excluding hydrogens is 226 g/mol. The monoisotopic (exact) mass is 245 g/mol. The zero-order chi connectivity index (χ0) is 13.5. The molecule has 0 atom stereocenters. The van der Waals surface area contributed by atoms with Crippen molar-refractivity contribution < 1.29 is 9.59 Å². The molecule has 2 rings (SSSR count). The van der Waals surface area contributed by atoms with E-state index in [2.05, 4.69) is 0 Å². The second-order valence-electron chi connectivity index (χ2n) is 5.54. The summed E-state index contributed by atoms with van der Waals surface area (Å²) < 4.78 is 0. The lowest BCUT2D eigenvalue weighted by atomic mass is 9.81. The van der Waals surface area contributed by atoms with Crippen molar-refractivity contribution in [3.05, 3.63) is 29.3 Å². The first-order valence-corrected chi connectivity index (χ1v) is 6.31. The Labute approximate surface area is 108 Å². The van der Waals surface area contributed by atoms with Crippen molar-refractivity contribution in [3.63, 3.8) is 0 Å². The van der Waals surface area contributed by atoms with Gasteiger partial charge >= 0.3 is 0 Å². The number of amides is 1. The van der Waals surface area contributed by atoms with E-state index in [0.717, 1.165) is 17.7 Å². The summed E-state index contributed by atoms with van der Waals surface area (Å²) in [6, 6.07) is 5.57. The molecule has 1 aliphatic heterocycles. The Morgan fingerprint density at radius 1 is 1.39 bits per heavy atom. The molecule has 0 N–H and O–H groups in total. The summed E-state index contributed by atoms with van der Waals surface area (Å²) in [6.07, 6.45) is 1.21. The predicted molar refractivity (Wildman–Crippen MR) is 72.0 cm³/mol. The fourth-order valence-electron chi connectivity index (χ4n) is 2.16. The number of benzene rings is 1. The Morgan fingerprint density at radius 2 is 2.06 bits per heavy atom. The average Bonchev–Trinajstić information content (AvgIpc) is 2.63. The molecule has 1 aromatic carbocycles. The molecule has 0 saturated heterocycles. The molecule has 0 bridgehead atoms. The zero-order valence-corrected chi connectivity index (χ0v) is 11.4. The highest BCUT2D eigenvalue weighted by Crippen LogP contribution is 2.31. The van der Waals surface area contributed by atoms with Gasteiger partial charge in [-0.15, -0.1) is 0 Å². The molecule has 0 unspecified atom stereocenters. The van der Waals surface area contributed by atoms with E-state index >= 15 is 0 Å². The van der Waals surface area contributed by atoms with Crippen molar-refractivity contribution in [1.29, 1.82) is 0 Å². The molecule has 18 heavy (non-hydrogen) atoms. The number of anilines is 1. The van der Waals surface area contributed by atoms with Gasteiger partial charge in [-0.1, -0.05) is 20.8 Å². The van der Waals surface area contributed by atoms with Crippen molar-refractivity contribution in [3.8, 4) is 0 Å². The van der Waals surface area contributed by atoms with Crippen LogP contribution in [0.2, 0.25) is 0 Å². The quantitative estimate of drug-likeness (QED) is 0.768. The lowest BCUT2D eigenvalue weighted by molar-refractivity contribution is -0.117. The zero-order valence-electron chi connectivity index (χ0n) is 11.4. The van der Waals surface area contributed by atoms with E-state index in [1.54, 1.807) is 11.9 Å². The maximum Gasteiger partial charge on any atom is 0.231 e. The van der Waals surface area contributed by atoms with Crippen molar-refractivity contribution in [2.45, 2.75) is 33.6 Å². The molecule has 96 valence electrons. The maximum absolute atomic E-state index is 12.4. The molecule has 0 radical (unpaired) electrons. The van der Waals surface area contributed by atoms with Gasteiger partial charge in [-0.3, -0.25) is 9.59 Å². The Balaban J connectivity index is 2.37. The van der Waals surface area contributed by atoms with Crippen molar-refractivity contribution >= 4 is 17.4 Å². The van der Waals surface area contributed by atoms with Crippen LogP contribution in [0.25, 0.3) is 0 Å². The first-order chi connectivity index (χ1) is 8.36. The molecule has 0 aliphatic carbocycles. The van der Waals surface area contributed by atoms with Gasteiger partial charge in [0.2, 0.25) is 5.91 Å². The molecule has 3 nitrogen and oxygen atoms in total. The van der Waals surface area contributed by atoms with Crippen LogP contribution in [0, 0.1) is 5.41 Å². The first-order valence-electron chi connectivity index (χ1n) is 6.31. The highest BCUT2D eigenvalue weighted by molar-refractivity contribution is 6.04. The van der Waals surface area contributed by atoms with Crippen molar-refractivity contribution in [2.24, 2.45) is 5.41 Å². The maximum atomic E-state index is 12.4. The SMILES string of the molecule is CCC(C)(C)C(=O)c1ccc2c(c1)CC(=O)N2C. The minimum absolute atomic E-state index is 0.0874. The lowest BCUT2D eigenvalue weighted by Crippen LogP contribution is -2.23. The number of hydrogen-bond donors (Lipinski definition) is 0. The van der Waals surface area contributed by atoms with Crippen LogP contribution in [0.4, 0.5) is 5.69 Å². The largest absolute Gasteiger partial charge is 0.315 e. The van der Waals surface area contributed by atoms with E-state index in [-0.39, 0.29) is 17.1 Å². The highest BCUT2D eigenvalue weighted by Gasteiger charge is 2.29. The van der Waals surface area contributed by atoms with Gasteiger partial charge in [0.1, 0.15) is 0 Å². The molecule has 0 saturated carbocycles. The second kappa shape index (κ2) is 4.23. The van der Waals surface area contributed by atoms with Gasteiger partial charge in [0.05, 0.1) is 6.42 Å². The number of Topliss-reactive ketones (excluding diaryl/α,β-unsaturated/α-hetero) is 1. The molecule has 3 heteroatoms. The summed E-state index contributed by atoms with van der Waals surface area (Å²) in [7, 11) is 1.77. The molecule has 0 spiro atoms.